The van der Waals surface area contributed by atoms with Gasteiger partial charge in [-0.05, 0) is 6.92 Å². The molecule has 0 aromatic rings. The van der Waals surface area contributed by atoms with Crippen molar-refractivity contribution in [1.82, 2.24) is 4.72 Å². The van der Waals surface area contributed by atoms with E-state index in [0.717, 1.165) is 6.92 Å². The van der Waals surface area contributed by atoms with Crippen molar-refractivity contribution in [3.05, 3.63) is 0 Å². The number of carboxylic acid groups (broad SMARTS) is 1. The van der Waals surface area contributed by atoms with Gasteiger partial charge in [0.05, 0.1) is 24.9 Å². The molecule has 35 heavy (non-hydrogen) atoms. The van der Waals surface area contributed by atoms with E-state index >= 15 is 0 Å². The summed E-state index contributed by atoms with van der Waals surface area (Å²) in [5.74, 6) is -1.76. The first-order chi connectivity index (χ1) is 15.8. The predicted octanol–water partition coefficient (Wildman–Crippen LogP) is -4.15. The average Bonchev–Trinajstić information content (AvgIpc) is 2.65. The van der Waals surface area contributed by atoms with Gasteiger partial charge >= 0.3 is 37.1 Å². The second-order valence-corrected chi connectivity index (χ2v) is 10.8. The molecule has 0 aliphatic carbocycles. The fourth-order valence-corrected chi connectivity index (χ4v) is 4.92. The van der Waals surface area contributed by atoms with Crippen LogP contribution < -0.4 is 4.72 Å². The van der Waals surface area contributed by atoms with Crippen LogP contribution in [0.25, 0.3) is 0 Å². The quantitative estimate of drug-likeness (QED) is 0.121. The van der Waals surface area contributed by atoms with Gasteiger partial charge in [-0.2, -0.15) is 30.0 Å². The van der Waals surface area contributed by atoms with Gasteiger partial charge < -0.3 is 29.5 Å². The van der Waals surface area contributed by atoms with E-state index in [4.69, 9.17) is 27.9 Å². The molecular formula is C13H23NO18S3. The summed E-state index contributed by atoms with van der Waals surface area (Å²) in [6.07, 6.45) is -15.7. The first-order valence-electron chi connectivity index (χ1n) is 9.35. The van der Waals surface area contributed by atoms with Crippen LogP contribution in [0.4, 0.5) is 0 Å². The summed E-state index contributed by atoms with van der Waals surface area (Å²) in [6.45, 7) is 0.156. The third kappa shape index (κ3) is 9.04. The van der Waals surface area contributed by atoms with Crippen molar-refractivity contribution >= 4 is 37.1 Å². The Kier molecular flexibility index (Phi) is 9.54. The molecule has 0 saturated carbocycles. The van der Waals surface area contributed by atoms with Crippen molar-refractivity contribution in [3.63, 3.8) is 0 Å². The van der Waals surface area contributed by atoms with Crippen molar-refractivity contribution in [1.29, 1.82) is 0 Å². The molecule has 2 aliphatic heterocycles. The third-order valence-electron chi connectivity index (χ3n) is 4.79. The molecule has 19 nitrogen and oxygen atoms in total. The molecule has 2 fully saturated rings. The number of aliphatic carboxylic acids is 1. The Morgan fingerprint density at radius 1 is 1.00 bits per heavy atom. The minimum atomic E-state index is -5.19. The lowest BCUT2D eigenvalue weighted by Crippen LogP contribution is -2.65. The van der Waals surface area contributed by atoms with Gasteiger partial charge in [0.15, 0.2) is 12.4 Å². The van der Waals surface area contributed by atoms with Gasteiger partial charge in [-0.15, -0.1) is 0 Å². The zero-order valence-electron chi connectivity index (χ0n) is 17.4. The highest BCUT2D eigenvalue weighted by Gasteiger charge is 2.52. The molecule has 2 aliphatic rings. The molecular weight excluding hydrogens is 554 g/mol. The van der Waals surface area contributed by atoms with E-state index < -0.39 is 105 Å². The van der Waals surface area contributed by atoms with Crippen molar-refractivity contribution in [2.45, 2.75) is 68.4 Å². The van der Waals surface area contributed by atoms with E-state index in [1.165, 1.54) is 4.72 Å². The van der Waals surface area contributed by atoms with Crippen LogP contribution in [0.3, 0.4) is 0 Å². The standard InChI is InChI=1S/C13H23NO18S3/c1-4-9(32-35(25,26)27)8(16)10(11(29-4)12(17)18)31-13-7(14-33(19,20)21)6(15)2-5(30-13)3-28-34(22,23)24/h4-11,13-16H,2-3H2,1H3,(H,17,18)(H,19,20,21)(H,22,23,24)(H,25,26,27)/t4?,5?,6-,7?,8+,9?,10-,11?,13+/m1/s1. The van der Waals surface area contributed by atoms with Crippen LogP contribution in [-0.4, -0.2) is 122 Å². The van der Waals surface area contributed by atoms with Gasteiger partial charge in [0, 0.05) is 6.42 Å². The van der Waals surface area contributed by atoms with E-state index in [9.17, 15) is 45.4 Å². The number of carboxylic acids is 1. The molecule has 0 aromatic heterocycles. The van der Waals surface area contributed by atoms with Gasteiger partial charge in [-0.25, -0.2) is 13.2 Å². The molecule has 9 atom stereocenters. The zero-order valence-corrected chi connectivity index (χ0v) is 19.9. The molecule has 2 heterocycles. The largest absolute Gasteiger partial charge is 0.479 e. The van der Waals surface area contributed by atoms with Gasteiger partial charge in [-0.3, -0.25) is 13.7 Å². The van der Waals surface area contributed by atoms with E-state index in [0.29, 0.717) is 0 Å². The van der Waals surface area contributed by atoms with Crippen molar-refractivity contribution in [2.75, 3.05) is 6.61 Å². The maximum absolute atomic E-state index is 11.7. The molecule has 22 heteroatoms. The molecule has 7 N–H and O–H groups in total. The molecule has 0 spiro atoms. The number of rotatable bonds is 10. The number of hydrogen-bond donors (Lipinski definition) is 7. The Bertz CT molecular complexity index is 1070. The van der Waals surface area contributed by atoms with E-state index in [2.05, 4.69) is 8.37 Å². The van der Waals surface area contributed by atoms with E-state index in [-0.39, 0.29) is 0 Å². The topological polar surface area (TPSA) is 299 Å². The van der Waals surface area contributed by atoms with Crippen molar-refractivity contribution in [2.24, 2.45) is 0 Å². The summed E-state index contributed by atoms with van der Waals surface area (Å²) in [6, 6.07) is -1.89. The minimum Gasteiger partial charge on any atom is -0.479 e. The number of aliphatic hydroxyl groups excluding tert-OH is 2. The monoisotopic (exact) mass is 577 g/mol. The molecule has 206 valence electrons. The number of nitrogens with one attached hydrogen (secondary N) is 1. The Labute approximate surface area is 198 Å². The Balaban J connectivity index is 2.38. The molecule has 0 aromatic carbocycles. The highest BCUT2D eigenvalue weighted by atomic mass is 32.3. The minimum absolute atomic E-state index is 0.555. The van der Waals surface area contributed by atoms with E-state index in [1.54, 1.807) is 0 Å². The van der Waals surface area contributed by atoms with Gasteiger partial charge in [0.25, 0.3) is 0 Å². The molecule has 0 amide bonds. The van der Waals surface area contributed by atoms with Crippen LogP contribution in [-0.2, 0) is 58.5 Å². The Morgan fingerprint density at radius 2 is 1.60 bits per heavy atom. The van der Waals surface area contributed by atoms with Crippen molar-refractivity contribution < 1.29 is 81.6 Å². The second-order valence-electron chi connectivity index (χ2n) is 7.44. The van der Waals surface area contributed by atoms with Crippen LogP contribution in [0.15, 0.2) is 0 Å². The maximum atomic E-state index is 11.7. The Morgan fingerprint density at radius 3 is 2.09 bits per heavy atom. The Hall–Kier alpha value is -1.12. The SMILES string of the molecule is CC1OC(C(=O)O)[C@H](O[C@@H]2OC(COS(=O)(=O)O)C[C@@H](O)C2NS(=O)(=O)O)[C@@H](O)C1OS(=O)(=O)O. The van der Waals surface area contributed by atoms with Crippen LogP contribution in [0, 0.1) is 0 Å². The number of carbonyl (C=O) groups is 1. The number of hydrogen-bond acceptors (Lipinski definition) is 14. The summed E-state index contributed by atoms with van der Waals surface area (Å²) in [5.41, 5.74) is 0. The molecule has 0 radical (unpaired) electrons. The van der Waals surface area contributed by atoms with E-state index in [1.807, 2.05) is 0 Å². The van der Waals surface area contributed by atoms with Crippen molar-refractivity contribution in [3.8, 4) is 0 Å². The third-order valence-corrected chi connectivity index (χ3v) is 6.26. The summed E-state index contributed by atoms with van der Waals surface area (Å²) in [7, 11) is -15.2. The highest BCUT2D eigenvalue weighted by molar-refractivity contribution is 7.83. The predicted molar refractivity (Wildman–Crippen MR) is 105 cm³/mol. The number of aliphatic hydroxyl groups is 2. The normalized spacial score (nSPS) is 37.1. The molecule has 0 bridgehead atoms. The summed E-state index contributed by atoms with van der Waals surface area (Å²) in [5, 5.41) is 30.3. The molecule has 5 unspecified atom stereocenters. The maximum Gasteiger partial charge on any atom is 0.397 e. The summed E-state index contributed by atoms with van der Waals surface area (Å²) in [4.78, 5) is 11.7. The first-order valence-corrected chi connectivity index (χ1v) is 13.5. The molecule has 2 rings (SSSR count). The smallest absolute Gasteiger partial charge is 0.397 e. The van der Waals surface area contributed by atoms with Crippen LogP contribution in [0.2, 0.25) is 0 Å². The van der Waals surface area contributed by atoms with Gasteiger partial charge in [0.2, 0.25) is 0 Å². The zero-order chi connectivity index (χ0) is 26.9. The lowest BCUT2D eigenvalue weighted by atomic mass is 9.95. The lowest BCUT2D eigenvalue weighted by Gasteiger charge is -2.45. The fourth-order valence-electron chi connectivity index (χ4n) is 3.43. The summed E-state index contributed by atoms with van der Waals surface area (Å²) >= 11 is 0. The number of ether oxygens (including phenoxy) is 3. The highest BCUT2D eigenvalue weighted by Crippen LogP contribution is 2.31. The summed E-state index contributed by atoms with van der Waals surface area (Å²) < 4.78 is 119. The first kappa shape index (κ1) is 30.1. The van der Waals surface area contributed by atoms with Crippen LogP contribution in [0.1, 0.15) is 13.3 Å². The molecule has 2 saturated heterocycles. The van der Waals surface area contributed by atoms with Gasteiger partial charge in [0.1, 0.15) is 24.4 Å². The fraction of sp³-hybridized carbons (Fsp3) is 0.923. The van der Waals surface area contributed by atoms with Crippen LogP contribution >= 0.6 is 0 Å². The van der Waals surface area contributed by atoms with Gasteiger partial charge in [-0.1, -0.05) is 0 Å². The second kappa shape index (κ2) is 11.1. The van der Waals surface area contributed by atoms with Crippen LogP contribution in [0.5, 0.6) is 0 Å². The average molecular weight is 578 g/mol. The lowest BCUT2D eigenvalue weighted by molar-refractivity contribution is -0.299.